The van der Waals surface area contributed by atoms with E-state index in [0.717, 1.165) is 47.1 Å². The number of nitrogens with one attached hydrogen (secondary N) is 1. The molecule has 0 radical (unpaired) electrons. The SMILES string of the molecule is Cc1ccc2cccc(C(=O)NCC3CCCN3c3nc4ccccc4o3)c2n1. The Bertz CT molecular complexity index is 1170. The lowest BCUT2D eigenvalue weighted by atomic mass is 10.1. The minimum Gasteiger partial charge on any atom is -0.423 e. The number of anilines is 1. The van der Waals surface area contributed by atoms with Gasteiger partial charge in [-0.2, -0.15) is 4.98 Å². The van der Waals surface area contributed by atoms with Crippen molar-refractivity contribution in [3.8, 4) is 0 Å². The van der Waals surface area contributed by atoms with Crippen LogP contribution in [0.2, 0.25) is 0 Å². The second-order valence-corrected chi connectivity index (χ2v) is 7.49. The first-order valence-electron chi connectivity index (χ1n) is 9.96. The van der Waals surface area contributed by atoms with Crippen molar-refractivity contribution in [2.75, 3.05) is 18.0 Å². The number of carbonyl (C=O) groups is 1. The fourth-order valence-corrected chi connectivity index (χ4v) is 4.02. The quantitative estimate of drug-likeness (QED) is 0.572. The molecule has 1 aliphatic heterocycles. The van der Waals surface area contributed by atoms with Crippen LogP contribution in [0.3, 0.4) is 0 Å². The van der Waals surface area contributed by atoms with Gasteiger partial charge in [0.05, 0.1) is 17.1 Å². The molecule has 1 atom stereocenters. The molecule has 3 heterocycles. The number of amides is 1. The Kier molecular flexibility index (Phi) is 4.39. The zero-order valence-electron chi connectivity index (χ0n) is 16.3. The number of hydrogen-bond acceptors (Lipinski definition) is 5. The fourth-order valence-electron chi connectivity index (χ4n) is 4.02. The number of benzene rings is 2. The van der Waals surface area contributed by atoms with Gasteiger partial charge >= 0.3 is 0 Å². The van der Waals surface area contributed by atoms with Crippen molar-refractivity contribution in [2.45, 2.75) is 25.8 Å². The molecular formula is C23H22N4O2. The minimum absolute atomic E-state index is 0.0990. The summed E-state index contributed by atoms with van der Waals surface area (Å²) in [6, 6.07) is 18.2. The van der Waals surface area contributed by atoms with Crippen molar-refractivity contribution in [2.24, 2.45) is 0 Å². The Hall–Kier alpha value is -3.41. The van der Waals surface area contributed by atoms with E-state index in [4.69, 9.17) is 4.42 Å². The monoisotopic (exact) mass is 386 g/mol. The smallest absolute Gasteiger partial charge is 0.298 e. The van der Waals surface area contributed by atoms with E-state index >= 15 is 0 Å². The number of hydrogen-bond donors (Lipinski definition) is 1. The molecule has 1 aliphatic rings. The van der Waals surface area contributed by atoms with E-state index in [9.17, 15) is 4.79 Å². The average Bonchev–Trinajstić information content (AvgIpc) is 3.37. The molecule has 2 aromatic heterocycles. The highest BCUT2D eigenvalue weighted by Crippen LogP contribution is 2.28. The molecular weight excluding hydrogens is 364 g/mol. The predicted octanol–water partition coefficient (Wildman–Crippen LogP) is 4.08. The number of fused-ring (bicyclic) bond motifs is 2. The number of aryl methyl sites for hydroxylation is 1. The van der Waals surface area contributed by atoms with Gasteiger partial charge < -0.3 is 14.6 Å². The van der Waals surface area contributed by atoms with Gasteiger partial charge in [-0.15, -0.1) is 0 Å². The van der Waals surface area contributed by atoms with Crippen molar-refractivity contribution in [3.05, 3.63) is 65.9 Å². The van der Waals surface area contributed by atoms with E-state index in [1.54, 1.807) is 0 Å². The lowest BCUT2D eigenvalue weighted by molar-refractivity contribution is 0.0952. The summed E-state index contributed by atoms with van der Waals surface area (Å²) < 4.78 is 5.94. The minimum atomic E-state index is -0.0990. The molecule has 146 valence electrons. The van der Waals surface area contributed by atoms with Gasteiger partial charge in [-0.3, -0.25) is 9.78 Å². The third-order valence-electron chi connectivity index (χ3n) is 5.51. The molecule has 1 saturated heterocycles. The molecule has 0 aliphatic carbocycles. The maximum Gasteiger partial charge on any atom is 0.298 e. The highest BCUT2D eigenvalue weighted by atomic mass is 16.4. The van der Waals surface area contributed by atoms with E-state index in [0.29, 0.717) is 18.1 Å². The Balaban J connectivity index is 1.34. The van der Waals surface area contributed by atoms with Gasteiger partial charge in [0.25, 0.3) is 11.9 Å². The van der Waals surface area contributed by atoms with Crippen LogP contribution >= 0.6 is 0 Å². The fraction of sp³-hybridized carbons (Fsp3) is 0.261. The summed E-state index contributed by atoms with van der Waals surface area (Å²) in [7, 11) is 0. The topological polar surface area (TPSA) is 71.3 Å². The molecule has 1 N–H and O–H groups in total. The van der Waals surface area contributed by atoms with Crippen LogP contribution in [0.1, 0.15) is 28.9 Å². The first kappa shape index (κ1) is 17.7. The van der Waals surface area contributed by atoms with Gasteiger partial charge in [0, 0.05) is 24.2 Å². The second kappa shape index (κ2) is 7.20. The maximum atomic E-state index is 12.9. The number of carbonyl (C=O) groups excluding carboxylic acids is 1. The lowest BCUT2D eigenvalue weighted by Gasteiger charge is -2.23. The van der Waals surface area contributed by atoms with Gasteiger partial charge in [0.15, 0.2) is 5.58 Å². The highest BCUT2D eigenvalue weighted by Gasteiger charge is 2.29. The molecule has 2 aromatic carbocycles. The van der Waals surface area contributed by atoms with Crippen LogP contribution in [-0.2, 0) is 0 Å². The third-order valence-corrected chi connectivity index (χ3v) is 5.51. The molecule has 1 fully saturated rings. The standard InChI is InChI=1S/C23H22N4O2/c1-15-11-12-16-6-4-8-18(21(16)25-15)22(28)24-14-17-7-5-13-27(17)23-26-19-9-2-3-10-20(19)29-23/h2-4,6,8-12,17H,5,7,13-14H2,1H3,(H,24,28). The number of oxazole rings is 1. The van der Waals surface area contributed by atoms with E-state index in [1.807, 2.05) is 61.5 Å². The van der Waals surface area contributed by atoms with Crippen LogP contribution in [0.4, 0.5) is 6.01 Å². The lowest BCUT2D eigenvalue weighted by Crippen LogP contribution is -2.40. The molecule has 0 spiro atoms. The zero-order chi connectivity index (χ0) is 19.8. The molecule has 0 bridgehead atoms. The van der Waals surface area contributed by atoms with Crippen molar-refractivity contribution in [1.29, 1.82) is 0 Å². The first-order valence-corrected chi connectivity index (χ1v) is 9.96. The van der Waals surface area contributed by atoms with Crippen LogP contribution < -0.4 is 10.2 Å². The van der Waals surface area contributed by atoms with Crippen molar-refractivity contribution in [3.63, 3.8) is 0 Å². The van der Waals surface area contributed by atoms with Crippen LogP contribution in [0.5, 0.6) is 0 Å². The Labute approximate surface area is 168 Å². The van der Waals surface area contributed by atoms with E-state index in [-0.39, 0.29) is 11.9 Å². The van der Waals surface area contributed by atoms with Gasteiger partial charge in [-0.1, -0.05) is 30.3 Å². The summed E-state index contributed by atoms with van der Waals surface area (Å²) in [4.78, 5) is 24.2. The summed E-state index contributed by atoms with van der Waals surface area (Å²) in [5.74, 6) is -0.0990. The number of rotatable bonds is 4. The first-order chi connectivity index (χ1) is 14.2. The van der Waals surface area contributed by atoms with E-state index in [2.05, 4.69) is 20.2 Å². The molecule has 1 unspecified atom stereocenters. The Morgan fingerprint density at radius 1 is 1.14 bits per heavy atom. The molecule has 6 nitrogen and oxygen atoms in total. The van der Waals surface area contributed by atoms with Gasteiger partial charge in [-0.25, -0.2) is 0 Å². The number of para-hydroxylation sites is 3. The summed E-state index contributed by atoms with van der Waals surface area (Å²) in [5, 5.41) is 4.07. The van der Waals surface area contributed by atoms with Gasteiger partial charge in [-0.05, 0) is 44.0 Å². The van der Waals surface area contributed by atoms with E-state index < -0.39 is 0 Å². The summed E-state index contributed by atoms with van der Waals surface area (Å²) in [5.41, 5.74) is 3.89. The average molecular weight is 386 g/mol. The Morgan fingerprint density at radius 2 is 2.03 bits per heavy atom. The van der Waals surface area contributed by atoms with Gasteiger partial charge in [0.1, 0.15) is 5.52 Å². The van der Waals surface area contributed by atoms with Crippen molar-refractivity contribution < 1.29 is 9.21 Å². The molecule has 0 saturated carbocycles. The number of nitrogens with zero attached hydrogens (tertiary/aromatic N) is 3. The maximum absolute atomic E-state index is 12.9. The number of aromatic nitrogens is 2. The summed E-state index contributed by atoms with van der Waals surface area (Å²) in [6.45, 7) is 3.35. The molecule has 1 amide bonds. The largest absolute Gasteiger partial charge is 0.423 e. The second-order valence-electron chi connectivity index (χ2n) is 7.49. The van der Waals surface area contributed by atoms with Crippen molar-refractivity contribution >= 4 is 33.9 Å². The highest BCUT2D eigenvalue weighted by molar-refractivity contribution is 6.05. The van der Waals surface area contributed by atoms with Crippen LogP contribution in [-0.4, -0.2) is 35.0 Å². The van der Waals surface area contributed by atoms with Crippen LogP contribution in [0.25, 0.3) is 22.0 Å². The molecule has 4 aromatic rings. The van der Waals surface area contributed by atoms with E-state index in [1.165, 1.54) is 0 Å². The molecule has 5 rings (SSSR count). The number of pyridine rings is 1. The Morgan fingerprint density at radius 3 is 2.93 bits per heavy atom. The van der Waals surface area contributed by atoms with Crippen LogP contribution in [0.15, 0.2) is 59.0 Å². The van der Waals surface area contributed by atoms with Crippen LogP contribution in [0, 0.1) is 6.92 Å². The molecule has 29 heavy (non-hydrogen) atoms. The van der Waals surface area contributed by atoms with Crippen molar-refractivity contribution in [1.82, 2.24) is 15.3 Å². The third kappa shape index (κ3) is 3.31. The molecule has 6 heteroatoms. The summed E-state index contributed by atoms with van der Waals surface area (Å²) >= 11 is 0. The zero-order valence-corrected chi connectivity index (χ0v) is 16.3. The van der Waals surface area contributed by atoms with Gasteiger partial charge in [0.2, 0.25) is 0 Å². The normalized spacial score (nSPS) is 16.6. The summed E-state index contributed by atoms with van der Waals surface area (Å²) in [6.07, 6.45) is 2.04. The predicted molar refractivity (Wildman–Crippen MR) is 113 cm³/mol.